The van der Waals surface area contributed by atoms with E-state index in [0.717, 1.165) is 0 Å². The Hall–Kier alpha value is -1.75. The van der Waals surface area contributed by atoms with Crippen molar-refractivity contribution < 1.29 is 23.8 Å². The smallest absolute Gasteiger partial charge is 0.379 e. The summed E-state index contributed by atoms with van der Waals surface area (Å²) in [4.78, 5) is 23.9. The highest BCUT2D eigenvalue weighted by atomic mass is 35.5. The third-order valence-corrected chi connectivity index (χ3v) is 3.36. The number of halogens is 1. The Labute approximate surface area is 122 Å². The number of benzene rings is 1. The molecule has 20 heavy (non-hydrogen) atoms. The van der Waals surface area contributed by atoms with E-state index < -0.39 is 11.8 Å². The van der Waals surface area contributed by atoms with Gasteiger partial charge in [-0.1, -0.05) is 11.6 Å². The molecular weight excluding hydrogens is 284 g/mol. The third-order valence-electron chi connectivity index (χ3n) is 2.91. The van der Waals surface area contributed by atoms with Crippen LogP contribution in [0.3, 0.4) is 0 Å². The van der Waals surface area contributed by atoms with E-state index >= 15 is 0 Å². The van der Waals surface area contributed by atoms with Crippen molar-refractivity contribution in [2.45, 2.75) is 20.8 Å². The van der Waals surface area contributed by atoms with Crippen molar-refractivity contribution in [1.82, 2.24) is 0 Å². The summed E-state index contributed by atoms with van der Waals surface area (Å²) in [5, 5.41) is 0.349. The second-order valence-corrected chi connectivity index (χ2v) is 4.43. The fourth-order valence-corrected chi connectivity index (χ4v) is 2.28. The van der Waals surface area contributed by atoms with Crippen molar-refractivity contribution in [2.24, 2.45) is 0 Å². The van der Waals surface area contributed by atoms with Crippen LogP contribution in [0.4, 0.5) is 0 Å². The van der Waals surface area contributed by atoms with Crippen LogP contribution in [0.15, 0.2) is 0 Å². The Morgan fingerprint density at radius 1 is 1.05 bits per heavy atom. The summed E-state index contributed by atoms with van der Waals surface area (Å²) in [7, 11) is 2.85. The number of hydrogen-bond acceptors (Lipinski definition) is 5. The first-order valence-electron chi connectivity index (χ1n) is 6.02. The van der Waals surface area contributed by atoms with Crippen molar-refractivity contribution in [3.63, 3.8) is 0 Å². The molecule has 0 saturated heterocycles. The highest BCUT2D eigenvalue weighted by Crippen LogP contribution is 2.41. The molecule has 1 aromatic rings. The summed E-state index contributed by atoms with van der Waals surface area (Å²) in [6.07, 6.45) is 0. The molecule has 0 radical (unpaired) electrons. The molecule has 0 amide bonds. The standard InChI is InChI=1S/C14H17ClO5/c1-6-20-14(17)11(16)9-7(2)13(19-5)10(15)8(3)12(9)18-4/h6H2,1-5H3. The highest BCUT2D eigenvalue weighted by molar-refractivity contribution is 6.42. The summed E-state index contributed by atoms with van der Waals surface area (Å²) in [5.41, 5.74) is 1.09. The Kier molecular flexibility index (Phi) is 5.39. The Morgan fingerprint density at radius 2 is 1.60 bits per heavy atom. The third kappa shape index (κ3) is 2.72. The molecule has 0 fully saturated rings. The monoisotopic (exact) mass is 300 g/mol. The van der Waals surface area contributed by atoms with Gasteiger partial charge in [0.15, 0.2) is 0 Å². The maximum absolute atomic E-state index is 12.2. The fraction of sp³-hybridized carbons (Fsp3) is 0.429. The van der Waals surface area contributed by atoms with Crippen LogP contribution in [0.25, 0.3) is 0 Å². The zero-order valence-corrected chi connectivity index (χ0v) is 12.9. The number of rotatable bonds is 5. The molecule has 0 aromatic heterocycles. The quantitative estimate of drug-likeness (QED) is 0.475. The van der Waals surface area contributed by atoms with E-state index in [4.69, 9.17) is 25.8 Å². The normalized spacial score (nSPS) is 10.1. The van der Waals surface area contributed by atoms with Gasteiger partial charge in [-0.25, -0.2) is 4.79 Å². The first-order chi connectivity index (χ1) is 9.40. The van der Waals surface area contributed by atoms with Gasteiger partial charge in [0, 0.05) is 11.1 Å². The van der Waals surface area contributed by atoms with Crippen LogP contribution < -0.4 is 9.47 Å². The van der Waals surface area contributed by atoms with Gasteiger partial charge in [0.1, 0.15) is 11.5 Å². The lowest BCUT2D eigenvalue weighted by Crippen LogP contribution is -2.20. The van der Waals surface area contributed by atoms with Gasteiger partial charge in [-0.15, -0.1) is 0 Å². The summed E-state index contributed by atoms with van der Waals surface area (Å²) in [6, 6.07) is 0. The minimum absolute atomic E-state index is 0.115. The summed E-state index contributed by atoms with van der Waals surface area (Å²) in [5.74, 6) is -1.11. The number of ether oxygens (including phenoxy) is 3. The van der Waals surface area contributed by atoms with Crippen LogP contribution in [0.1, 0.15) is 28.4 Å². The van der Waals surface area contributed by atoms with Crippen LogP contribution in [0.5, 0.6) is 11.5 Å². The van der Waals surface area contributed by atoms with Gasteiger partial charge >= 0.3 is 5.97 Å². The zero-order valence-electron chi connectivity index (χ0n) is 12.1. The predicted molar refractivity (Wildman–Crippen MR) is 75.0 cm³/mol. The molecule has 0 N–H and O–H groups in total. The van der Waals surface area contributed by atoms with E-state index in [0.29, 0.717) is 21.9 Å². The number of ketones is 1. The topological polar surface area (TPSA) is 61.8 Å². The molecule has 0 aliphatic heterocycles. The minimum atomic E-state index is -0.933. The van der Waals surface area contributed by atoms with Crippen LogP contribution in [0, 0.1) is 13.8 Å². The number of esters is 1. The van der Waals surface area contributed by atoms with Crippen molar-refractivity contribution in [3.8, 4) is 11.5 Å². The molecule has 1 aromatic carbocycles. The zero-order chi connectivity index (χ0) is 15.4. The fourth-order valence-electron chi connectivity index (χ4n) is 1.98. The molecule has 0 unspecified atom stereocenters. The second kappa shape index (κ2) is 6.61. The van der Waals surface area contributed by atoms with Gasteiger partial charge < -0.3 is 14.2 Å². The molecule has 0 heterocycles. The lowest BCUT2D eigenvalue weighted by Gasteiger charge is -2.18. The molecule has 110 valence electrons. The predicted octanol–water partition coefficient (Wildman–Crippen LogP) is 2.72. The van der Waals surface area contributed by atoms with Gasteiger partial charge in [0.25, 0.3) is 5.78 Å². The van der Waals surface area contributed by atoms with E-state index in [1.54, 1.807) is 20.8 Å². The average molecular weight is 301 g/mol. The summed E-state index contributed by atoms with van der Waals surface area (Å²) >= 11 is 6.17. The Bertz CT molecular complexity index is 551. The number of carbonyl (C=O) groups is 2. The highest BCUT2D eigenvalue weighted by Gasteiger charge is 2.29. The van der Waals surface area contributed by atoms with Gasteiger partial charge in [0.05, 0.1) is 31.4 Å². The molecule has 0 aliphatic rings. The molecular formula is C14H17ClO5. The summed E-state index contributed by atoms with van der Waals surface area (Å²) in [6.45, 7) is 5.07. The van der Waals surface area contributed by atoms with Crippen LogP contribution in [-0.2, 0) is 9.53 Å². The van der Waals surface area contributed by atoms with E-state index in [1.165, 1.54) is 14.2 Å². The molecule has 0 bridgehead atoms. The minimum Gasteiger partial charge on any atom is -0.496 e. The molecule has 6 heteroatoms. The molecule has 0 spiro atoms. The molecule has 1 rings (SSSR count). The Balaban J connectivity index is 3.56. The van der Waals surface area contributed by atoms with Crippen molar-refractivity contribution in [2.75, 3.05) is 20.8 Å². The number of carbonyl (C=O) groups excluding carboxylic acids is 2. The van der Waals surface area contributed by atoms with Gasteiger partial charge in [0.2, 0.25) is 0 Å². The number of hydrogen-bond donors (Lipinski definition) is 0. The molecule has 0 saturated carbocycles. The molecule has 5 nitrogen and oxygen atoms in total. The van der Waals surface area contributed by atoms with E-state index in [9.17, 15) is 9.59 Å². The lowest BCUT2D eigenvalue weighted by atomic mass is 9.98. The molecule has 0 aliphatic carbocycles. The largest absolute Gasteiger partial charge is 0.496 e. The summed E-state index contributed by atoms with van der Waals surface area (Å²) < 4.78 is 15.2. The van der Waals surface area contributed by atoms with Gasteiger partial charge in [-0.2, -0.15) is 0 Å². The first-order valence-corrected chi connectivity index (χ1v) is 6.40. The second-order valence-electron chi connectivity index (χ2n) is 4.06. The number of methoxy groups -OCH3 is 2. The SMILES string of the molecule is CCOC(=O)C(=O)c1c(C)c(OC)c(Cl)c(C)c1OC. The first kappa shape index (κ1) is 16.3. The van der Waals surface area contributed by atoms with E-state index in [1.807, 2.05) is 0 Å². The maximum Gasteiger partial charge on any atom is 0.379 e. The average Bonchev–Trinajstić information content (AvgIpc) is 2.42. The van der Waals surface area contributed by atoms with Crippen LogP contribution >= 0.6 is 11.6 Å². The van der Waals surface area contributed by atoms with Gasteiger partial charge in [-0.3, -0.25) is 4.79 Å². The van der Waals surface area contributed by atoms with Gasteiger partial charge in [-0.05, 0) is 20.8 Å². The molecule has 0 atom stereocenters. The number of Topliss-reactive ketones (excluding diaryl/α,β-unsaturated/α-hetero) is 1. The van der Waals surface area contributed by atoms with E-state index in [2.05, 4.69) is 0 Å². The van der Waals surface area contributed by atoms with Crippen molar-refractivity contribution in [3.05, 3.63) is 21.7 Å². The Morgan fingerprint density at radius 3 is 2.05 bits per heavy atom. The van der Waals surface area contributed by atoms with Crippen LogP contribution in [-0.4, -0.2) is 32.6 Å². The maximum atomic E-state index is 12.2. The van der Waals surface area contributed by atoms with Crippen molar-refractivity contribution in [1.29, 1.82) is 0 Å². The lowest BCUT2D eigenvalue weighted by molar-refractivity contribution is -0.137. The van der Waals surface area contributed by atoms with Crippen molar-refractivity contribution >= 4 is 23.4 Å². The van der Waals surface area contributed by atoms with E-state index in [-0.39, 0.29) is 17.9 Å². The van der Waals surface area contributed by atoms with Crippen LogP contribution in [0.2, 0.25) is 5.02 Å².